The molecule has 36 heavy (non-hydrogen) atoms. The van der Waals surface area contributed by atoms with E-state index in [9.17, 15) is 19.1 Å². The zero-order valence-corrected chi connectivity index (χ0v) is 20.2. The third-order valence-corrected chi connectivity index (χ3v) is 6.88. The molecule has 0 saturated carbocycles. The molecule has 1 aromatic heterocycles. The third-order valence-electron chi connectivity index (χ3n) is 5.86. The van der Waals surface area contributed by atoms with Gasteiger partial charge in [0.25, 0.3) is 5.78 Å². The number of ketones is 1. The molecule has 1 saturated heterocycles. The molecule has 9 heteroatoms. The SMILES string of the molecule is CCOc1ccc(C2C(=C(O)c3ccc(F)cc3)C(=O)C(=O)N2c2nc3ccc(OC)cc3s2)cc1. The van der Waals surface area contributed by atoms with Crippen molar-refractivity contribution < 1.29 is 28.6 Å². The Kier molecular flexibility index (Phi) is 6.15. The molecule has 1 fully saturated rings. The van der Waals surface area contributed by atoms with E-state index in [-0.39, 0.29) is 11.1 Å². The van der Waals surface area contributed by atoms with Crippen LogP contribution in [0.25, 0.3) is 16.0 Å². The molecule has 1 aliphatic heterocycles. The van der Waals surface area contributed by atoms with Gasteiger partial charge in [-0.2, -0.15) is 0 Å². The molecular weight excluding hydrogens is 483 g/mol. The number of methoxy groups -OCH3 is 1. The van der Waals surface area contributed by atoms with Gasteiger partial charge in [0.05, 0.1) is 35.5 Å². The van der Waals surface area contributed by atoms with E-state index in [1.165, 1.54) is 40.5 Å². The topological polar surface area (TPSA) is 89.0 Å². The number of rotatable bonds is 6. The molecule has 3 aromatic carbocycles. The van der Waals surface area contributed by atoms with Crippen LogP contribution in [-0.4, -0.2) is 35.5 Å². The summed E-state index contributed by atoms with van der Waals surface area (Å²) in [5, 5.41) is 11.4. The second kappa shape index (κ2) is 9.43. The van der Waals surface area contributed by atoms with Crippen LogP contribution in [0.1, 0.15) is 24.1 Å². The van der Waals surface area contributed by atoms with Gasteiger partial charge in [0.2, 0.25) is 0 Å². The number of ether oxygens (including phenoxy) is 2. The van der Waals surface area contributed by atoms with Crippen molar-refractivity contribution in [1.29, 1.82) is 0 Å². The van der Waals surface area contributed by atoms with Crippen LogP contribution in [0.3, 0.4) is 0 Å². The largest absolute Gasteiger partial charge is 0.507 e. The normalized spacial score (nSPS) is 17.1. The average molecular weight is 505 g/mol. The summed E-state index contributed by atoms with van der Waals surface area (Å²) >= 11 is 1.23. The molecule has 4 aromatic rings. The highest BCUT2D eigenvalue weighted by molar-refractivity contribution is 7.22. The van der Waals surface area contributed by atoms with Crippen molar-refractivity contribution in [2.24, 2.45) is 0 Å². The summed E-state index contributed by atoms with van der Waals surface area (Å²) in [7, 11) is 1.56. The molecule has 0 bridgehead atoms. The van der Waals surface area contributed by atoms with Crippen molar-refractivity contribution in [3.63, 3.8) is 0 Å². The minimum absolute atomic E-state index is 0.104. The maximum atomic E-state index is 13.5. The summed E-state index contributed by atoms with van der Waals surface area (Å²) in [5.74, 6) is -1.28. The van der Waals surface area contributed by atoms with E-state index < -0.39 is 29.3 Å². The van der Waals surface area contributed by atoms with Crippen LogP contribution in [0.4, 0.5) is 9.52 Å². The first-order chi connectivity index (χ1) is 17.4. The number of carbonyl (C=O) groups excluding carboxylic acids is 2. The summed E-state index contributed by atoms with van der Waals surface area (Å²) in [5.41, 5.74) is 1.34. The Labute approximate surface area is 210 Å². The zero-order chi connectivity index (χ0) is 25.4. The highest BCUT2D eigenvalue weighted by atomic mass is 32.1. The maximum Gasteiger partial charge on any atom is 0.301 e. The van der Waals surface area contributed by atoms with Crippen molar-refractivity contribution in [1.82, 2.24) is 4.98 Å². The van der Waals surface area contributed by atoms with Gasteiger partial charge < -0.3 is 14.6 Å². The number of halogens is 1. The number of nitrogens with zero attached hydrogens (tertiary/aromatic N) is 2. The molecule has 5 rings (SSSR count). The molecule has 7 nitrogen and oxygen atoms in total. The van der Waals surface area contributed by atoms with Crippen molar-refractivity contribution >= 4 is 44.1 Å². The van der Waals surface area contributed by atoms with E-state index in [4.69, 9.17) is 9.47 Å². The van der Waals surface area contributed by atoms with E-state index in [0.29, 0.717) is 34.3 Å². The summed E-state index contributed by atoms with van der Waals surface area (Å²) < 4.78 is 25.1. The van der Waals surface area contributed by atoms with Gasteiger partial charge in [-0.25, -0.2) is 9.37 Å². The molecule has 1 atom stereocenters. The lowest BCUT2D eigenvalue weighted by atomic mass is 9.95. The summed E-state index contributed by atoms with van der Waals surface area (Å²) in [6.45, 7) is 2.35. The van der Waals surface area contributed by atoms with Crippen LogP contribution >= 0.6 is 11.3 Å². The first-order valence-electron chi connectivity index (χ1n) is 11.2. The molecule has 0 spiro atoms. The fraction of sp³-hybridized carbons (Fsp3) is 0.148. The van der Waals surface area contributed by atoms with Crippen LogP contribution in [-0.2, 0) is 9.59 Å². The summed E-state index contributed by atoms with van der Waals surface area (Å²) in [4.78, 5) is 32.5. The first kappa shape index (κ1) is 23.5. The number of aliphatic hydroxyl groups excluding tert-OH is 1. The molecule has 182 valence electrons. The predicted octanol–water partition coefficient (Wildman–Crippen LogP) is 5.47. The Balaban J connectivity index is 1.69. The number of benzene rings is 3. The monoisotopic (exact) mass is 504 g/mol. The highest BCUT2D eigenvalue weighted by Crippen LogP contribution is 2.44. The quantitative estimate of drug-likeness (QED) is 0.213. The Bertz CT molecular complexity index is 1500. The number of thiazole rings is 1. The number of Topliss-reactive ketones (excluding diaryl/α,β-unsaturated/α-hetero) is 1. The number of anilines is 1. The first-order valence-corrected chi connectivity index (χ1v) is 12.0. The predicted molar refractivity (Wildman–Crippen MR) is 135 cm³/mol. The van der Waals surface area contributed by atoms with Crippen molar-refractivity contribution in [3.05, 3.63) is 89.2 Å². The summed E-state index contributed by atoms with van der Waals surface area (Å²) in [6.07, 6.45) is 0. The van der Waals surface area contributed by atoms with Crippen LogP contribution in [0.5, 0.6) is 11.5 Å². The average Bonchev–Trinajstić information content (AvgIpc) is 3.42. The van der Waals surface area contributed by atoms with Gasteiger partial charge in [-0.3, -0.25) is 14.5 Å². The number of aromatic nitrogens is 1. The van der Waals surface area contributed by atoms with Crippen LogP contribution in [0.2, 0.25) is 0 Å². The fourth-order valence-electron chi connectivity index (χ4n) is 4.14. The highest BCUT2D eigenvalue weighted by Gasteiger charge is 2.48. The fourth-order valence-corrected chi connectivity index (χ4v) is 5.16. The van der Waals surface area contributed by atoms with Crippen LogP contribution in [0.15, 0.2) is 72.3 Å². The molecule has 1 N–H and O–H groups in total. The smallest absolute Gasteiger partial charge is 0.301 e. The number of fused-ring (bicyclic) bond motifs is 1. The molecule has 1 amide bonds. The minimum atomic E-state index is -0.951. The van der Waals surface area contributed by atoms with Gasteiger partial charge in [-0.05, 0) is 67.1 Å². The Hall–Kier alpha value is -4.24. The standard InChI is InChI=1S/C27H21FN2O5S/c1-3-35-18-10-6-15(7-11-18)23-22(24(31)16-4-8-17(28)9-5-16)25(32)26(33)30(23)27-29-20-13-12-19(34-2)14-21(20)36-27/h4-14,23,31H,3H2,1-2H3. The molecule has 0 aliphatic carbocycles. The number of aliphatic hydroxyl groups is 1. The van der Waals surface area contributed by atoms with Crippen LogP contribution in [0, 0.1) is 5.82 Å². The van der Waals surface area contributed by atoms with E-state index in [0.717, 1.165) is 4.70 Å². The van der Waals surface area contributed by atoms with Gasteiger partial charge in [-0.1, -0.05) is 23.5 Å². The third kappa shape index (κ3) is 4.07. The van der Waals surface area contributed by atoms with Gasteiger partial charge in [0, 0.05) is 5.56 Å². The molecular formula is C27H21FN2O5S. The van der Waals surface area contributed by atoms with E-state index in [1.54, 1.807) is 49.6 Å². The van der Waals surface area contributed by atoms with Gasteiger partial charge in [0.1, 0.15) is 23.1 Å². The lowest BCUT2D eigenvalue weighted by molar-refractivity contribution is -0.132. The number of hydrogen-bond donors (Lipinski definition) is 1. The van der Waals surface area contributed by atoms with Crippen molar-refractivity contribution in [2.75, 3.05) is 18.6 Å². The number of hydrogen-bond acceptors (Lipinski definition) is 7. The molecule has 1 unspecified atom stereocenters. The lowest BCUT2D eigenvalue weighted by Gasteiger charge is -2.23. The number of amides is 1. The van der Waals surface area contributed by atoms with Gasteiger partial charge in [0.15, 0.2) is 5.13 Å². The maximum absolute atomic E-state index is 13.5. The Morgan fingerprint density at radius 1 is 1.06 bits per heavy atom. The number of carbonyl (C=O) groups is 2. The zero-order valence-electron chi connectivity index (χ0n) is 19.4. The van der Waals surface area contributed by atoms with Crippen molar-refractivity contribution in [2.45, 2.75) is 13.0 Å². The van der Waals surface area contributed by atoms with E-state index in [2.05, 4.69) is 4.98 Å². The van der Waals surface area contributed by atoms with Gasteiger partial charge in [-0.15, -0.1) is 0 Å². The second-order valence-corrected chi connectivity index (χ2v) is 9.02. The molecule has 2 heterocycles. The Morgan fingerprint density at radius 2 is 1.75 bits per heavy atom. The minimum Gasteiger partial charge on any atom is -0.507 e. The van der Waals surface area contributed by atoms with E-state index in [1.807, 2.05) is 6.92 Å². The second-order valence-electron chi connectivity index (χ2n) is 8.01. The van der Waals surface area contributed by atoms with Crippen LogP contribution < -0.4 is 14.4 Å². The van der Waals surface area contributed by atoms with Crippen molar-refractivity contribution in [3.8, 4) is 11.5 Å². The summed E-state index contributed by atoms with van der Waals surface area (Å²) in [6, 6.07) is 16.4. The molecule has 0 radical (unpaired) electrons. The lowest BCUT2D eigenvalue weighted by Crippen LogP contribution is -2.29. The van der Waals surface area contributed by atoms with E-state index >= 15 is 0 Å². The van der Waals surface area contributed by atoms with Gasteiger partial charge >= 0.3 is 5.91 Å². The molecule has 1 aliphatic rings. The Morgan fingerprint density at radius 3 is 2.42 bits per heavy atom.